The lowest BCUT2D eigenvalue weighted by molar-refractivity contribution is -0.0805. The molecule has 1 amide bonds. The van der Waals surface area contributed by atoms with Crippen LogP contribution in [0.2, 0.25) is 0 Å². The van der Waals surface area contributed by atoms with Crippen LogP contribution in [-0.4, -0.2) is 70.4 Å². The number of amides is 1. The standard InChI is InChI=1S/C25H27N5O6/c1-14-9-18-19(10-15(14)2)30(11-20(32)23(34)21(33)12-31)25(36)22(28-18)24(35)27-16-3-5-17(6-4-16)29-8-7-26-13-29/h3-10,13,20-21,23,31-34H,11-12H2,1-2H3,(H,27,35)/t20-,21+,23-/m0/s1. The Labute approximate surface area is 205 Å². The summed E-state index contributed by atoms with van der Waals surface area (Å²) in [6.45, 7) is 2.51. The molecule has 0 radical (unpaired) electrons. The monoisotopic (exact) mass is 493 g/mol. The number of aromatic nitrogens is 4. The third-order valence-corrected chi connectivity index (χ3v) is 6.05. The minimum atomic E-state index is -1.71. The van der Waals surface area contributed by atoms with Gasteiger partial charge in [0.2, 0.25) is 0 Å². The largest absolute Gasteiger partial charge is 0.394 e. The molecule has 0 aliphatic heterocycles. The normalized spacial score (nSPS) is 13.9. The van der Waals surface area contributed by atoms with E-state index in [1.165, 1.54) is 0 Å². The minimum Gasteiger partial charge on any atom is -0.394 e. The maximum Gasteiger partial charge on any atom is 0.282 e. The highest BCUT2D eigenvalue weighted by Gasteiger charge is 2.27. The smallest absolute Gasteiger partial charge is 0.282 e. The number of carbonyl (C=O) groups excluding carboxylic acids is 1. The maximum absolute atomic E-state index is 13.3. The molecule has 0 saturated carbocycles. The zero-order chi connectivity index (χ0) is 26.0. The first-order valence-corrected chi connectivity index (χ1v) is 11.3. The number of aryl methyl sites for hydroxylation is 2. The average molecular weight is 494 g/mol. The van der Waals surface area contributed by atoms with Crippen LogP contribution in [0.4, 0.5) is 5.69 Å². The number of hydrogen-bond acceptors (Lipinski definition) is 8. The zero-order valence-corrected chi connectivity index (χ0v) is 19.7. The second-order valence-corrected chi connectivity index (χ2v) is 8.58. The van der Waals surface area contributed by atoms with Gasteiger partial charge in [-0.15, -0.1) is 0 Å². The van der Waals surface area contributed by atoms with E-state index in [0.29, 0.717) is 16.7 Å². The summed E-state index contributed by atoms with van der Waals surface area (Å²) in [5.41, 5.74) is 2.56. The number of aliphatic hydroxyl groups is 4. The Balaban J connectivity index is 1.70. The molecule has 4 rings (SSSR count). The number of imidazole rings is 1. The van der Waals surface area contributed by atoms with Crippen LogP contribution in [0, 0.1) is 13.8 Å². The molecular formula is C25H27N5O6. The molecule has 188 valence electrons. The number of carbonyl (C=O) groups is 1. The number of nitrogens with zero attached hydrogens (tertiary/aromatic N) is 4. The fraction of sp³-hybridized carbons (Fsp3) is 0.280. The fourth-order valence-corrected chi connectivity index (χ4v) is 3.80. The molecule has 36 heavy (non-hydrogen) atoms. The lowest BCUT2D eigenvalue weighted by Crippen LogP contribution is -2.44. The first kappa shape index (κ1) is 25.2. The van der Waals surface area contributed by atoms with E-state index in [2.05, 4.69) is 15.3 Å². The van der Waals surface area contributed by atoms with E-state index in [4.69, 9.17) is 5.11 Å². The predicted octanol–water partition coefficient (Wildman–Crippen LogP) is 0.526. The molecule has 0 spiro atoms. The first-order chi connectivity index (χ1) is 17.2. The molecular weight excluding hydrogens is 466 g/mol. The van der Waals surface area contributed by atoms with Gasteiger partial charge in [0.1, 0.15) is 18.3 Å². The highest BCUT2D eigenvalue weighted by atomic mass is 16.4. The van der Waals surface area contributed by atoms with Crippen LogP contribution in [0.1, 0.15) is 21.6 Å². The number of anilines is 1. The van der Waals surface area contributed by atoms with Crippen molar-refractivity contribution in [2.45, 2.75) is 38.7 Å². The van der Waals surface area contributed by atoms with Crippen molar-refractivity contribution in [2.75, 3.05) is 11.9 Å². The Bertz CT molecular complexity index is 1430. The van der Waals surface area contributed by atoms with Crippen molar-refractivity contribution in [1.82, 2.24) is 19.1 Å². The Morgan fingerprint density at radius 3 is 2.39 bits per heavy atom. The van der Waals surface area contributed by atoms with Gasteiger partial charge in [-0.05, 0) is 61.4 Å². The number of hydrogen-bond donors (Lipinski definition) is 5. The summed E-state index contributed by atoms with van der Waals surface area (Å²) in [6, 6.07) is 10.3. The molecule has 0 saturated heterocycles. The second-order valence-electron chi connectivity index (χ2n) is 8.58. The van der Waals surface area contributed by atoms with Gasteiger partial charge in [-0.25, -0.2) is 9.97 Å². The van der Waals surface area contributed by atoms with Crippen LogP contribution in [-0.2, 0) is 6.54 Å². The van der Waals surface area contributed by atoms with Crippen molar-refractivity contribution in [1.29, 1.82) is 0 Å². The summed E-state index contributed by atoms with van der Waals surface area (Å²) in [4.78, 5) is 34.7. The van der Waals surface area contributed by atoms with E-state index >= 15 is 0 Å². The van der Waals surface area contributed by atoms with Gasteiger partial charge in [0, 0.05) is 23.8 Å². The molecule has 4 aromatic rings. The zero-order valence-electron chi connectivity index (χ0n) is 19.7. The predicted molar refractivity (Wildman–Crippen MR) is 132 cm³/mol. The molecule has 0 aliphatic carbocycles. The lowest BCUT2D eigenvalue weighted by Gasteiger charge is -2.23. The van der Waals surface area contributed by atoms with E-state index in [-0.39, 0.29) is 0 Å². The first-order valence-electron chi connectivity index (χ1n) is 11.3. The molecule has 0 aliphatic rings. The van der Waals surface area contributed by atoms with Gasteiger partial charge in [0.25, 0.3) is 11.5 Å². The SMILES string of the molecule is Cc1cc2nc(C(=O)Nc3ccc(-n4ccnc4)cc3)c(=O)n(C[C@H](O)[C@H](O)[C@H](O)CO)c2cc1C. The Morgan fingerprint density at radius 2 is 1.75 bits per heavy atom. The molecule has 11 nitrogen and oxygen atoms in total. The van der Waals surface area contributed by atoms with E-state index in [1.807, 2.05) is 13.8 Å². The number of aliphatic hydroxyl groups excluding tert-OH is 4. The third kappa shape index (κ3) is 5.04. The summed E-state index contributed by atoms with van der Waals surface area (Å²) >= 11 is 0. The van der Waals surface area contributed by atoms with Gasteiger partial charge in [-0.1, -0.05) is 0 Å². The van der Waals surface area contributed by atoms with Crippen molar-refractivity contribution in [3.8, 4) is 5.69 Å². The summed E-state index contributed by atoms with van der Waals surface area (Å²) in [5.74, 6) is -0.741. The van der Waals surface area contributed by atoms with Crippen LogP contribution >= 0.6 is 0 Å². The number of benzene rings is 2. The average Bonchev–Trinajstić information content (AvgIpc) is 3.41. The minimum absolute atomic E-state index is 0.350. The quantitative estimate of drug-likeness (QED) is 0.237. The molecule has 0 fully saturated rings. The maximum atomic E-state index is 13.3. The Kier molecular flexibility index (Phi) is 7.27. The van der Waals surface area contributed by atoms with Crippen LogP contribution in [0.5, 0.6) is 0 Å². The second kappa shape index (κ2) is 10.4. The lowest BCUT2D eigenvalue weighted by atomic mass is 10.1. The van der Waals surface area contributed by atoms with Gasteiger partial charge in [-0.3, -0.25) is 9.59 Å². The van der Waals surface area contributed by atoms with Crippen molar-refractivity contribution in [2.24, 2.45) is 0 Å². The molecule has 5 N–H and O–H groups in total. The van der Waals surface area contributed by atoms with Gasteiger partial charge in [-0.2, -0.15) is 0 Å². The Hall–Kier alpha value is -3.90. The van der Waals surface area contributed by atoms with Gasteiger partial charge < -0.3 is 34.9 Å². The molecule has 2 aromatic carbocycles. The number of fused-ring (bicyclic) bond motifs is 1. The van der Waals surface area contributed by atoms with Gasteiger partial charge in [0.15, 0.2) is 5.69 Å². The van der Waals surface area contributed by atoms with E-state index in [0.717, 1.165) is 21.4 Å². The van der Waals surface area contributed by atoms with E-state index in [1.54, 1.807) is 59.7 Å². The summed E-state index contributed by atoms with van der Waals surface area (Å²) in [5, 5.41) is 42.0. The van der Waals surface area contributed by atoms with Crippen LogP contribution in [0.3, 0.4) is 0 Å². The molecule has 2 heterocycles. The van der Waals surface area contributed by atoms with Gasteiger partial charge >= 0.3 is 0 Å². The summed E-state index contributed by atoms with van der Waals surface area (Å²) in [7, 11) is 0. The summed E-state index contributed by atoms with van der Waals surface area (Å²) < 4.78 is 2.94. The number of nitrogens with one attached hydrogen (secondary N) is 1. The molecule has 0 bridgehead atoms. The number of rotatable bonds is 8. The highest BCUT2D eigenvalue weighted by Crippen LogP contribution is 2.19. The van der Waals surface area contributed by atoms with Crippen LogP contribution in [0.25, 0.3) is 16.7 Å². The van der Waals surface area contributed by atoms with E-state index < -0.39 is 48.6 Å². The van der Waals surface area contributed by atoms with Crippen molar-refractivity contribution >= 4 is 22.6 Å². The molecule has 2 aromatic heterocycles. The topological polar surface area (TPSA) is 163 Å². The molecule has 0 unspecified atom stereocenters. The van der Waals surface area contributed by atoms with Crippen molar-refractivity contribution < 1.29 is 25.2 Å². The van der Waals surface area contributed by atoms with Crippen LogP contribution < -0.4 is 10.9 Å². The summed E-state index contributed by atoms with van der Waals surface area (Å²) in [6.07, 6.45) is 0.177. The van der Waals surface area contributed by atoms with Crippen LogP contribution in [0.15, 0.2) is 59.9 Å². The molecule has 11 heteroatoms. The Morgan fingerprint density at radius 1 is 1.06 bits per heavy atom. The third-order valence-electron chi connectivity index (χ3n) is 6.05. The van der Waals surface area contributed by atoms with E-state index in [9.17, 15) is 24.9 Å². The highest BCUT2D eigenvalue weighted by molar-refractivity contribution is 6.03. The van der Waals surface area contributed by atoms with Crippen molar-refractivity contribution in [3.63, 3.8) is 0 Å². The fourth-order valence-electron chi connectivity index (χ4n) is 3.80. The van der Waals surface area contributed by atoms with Crippen molar-refractivity contribution in [3.05, 3.63) is 82.3 Å². The molecule has 3 atom stereocenters. The van der Waals surface area contributed by atoms with Gasteiger partial charge in [0.05, 0.1) is 30.5 Å².